The van der Waals surface area contributed by atoms with Crippen LogP contribution in [0.3, 0.4) is 0 Å². The molecule has 0 saturated heterocycles. The molecule has 0 N–H and O–H groups in total. The predicted octanol–water partition coefficient (Wildman–Crippen LogP) is -2.03. The molecule has 0 heterocycles. The minimum atomic E-state index is -1.19. The zero-order chi connectivity index (χ0) is 10.3. The van der Waals surface area contributed by atoms with E-state index in [2.05, 4.69) is 13.2 Å². The van der Waals surface area contributed by atoms with Crippen molar-refractivity contribution < 1.29 is 36.9 Å². The van der Waals surface area contributed by atoms with Crippen LogP contribution < -0.4 is 10.2 Å². The van der Waals surface area contributed by atoms with Gasteiger partial charge in [0, 0.05) is 0 Å². The van der Waals surface area contributed by atoms with Gasteiger partial charge >= 0.3 is 35.9 Å². The number of carboxylic acids is 2. The van der Waals surface area contributed by atoms with Crippen LogP contribution in [0.15, 0.2) is 24.3 Å². The van der Waals surface area contributed by atoms with E-state index in [0.717, 1.165) is 0 Å². The number of rotatable bonds is 2. The van der Waals surface area contributed by atoms with Crippen LogP contribution >= 0.6 is 0 Å². The van der Waals surface area contributed by atoms with Crippen LogP contribution in [0.25, 0.3) is 0 Å². The Morgan fingerprint density at radius 3 is 1.00 bits per heavy atom. The second-order valence-electron chi connectivity index (χ2n) is 2.14. The van der Waals surface area contributed by atoms with Gasteiger partial charge in [-0.15, -0.1) is 0 Å². The van der Waals surface area contributed by atoms with Crippen LogP contribution in [-0.2, 0) is 26.7 Å². The van der Waals surface area contributed by atoms with Crippen LogP contribution in [0.4, 0.5) is 0 Å². The van der Waals surface area contributed by atoms with E-state index in [9.17, 15) is 19.8 Å². The average molecular weight is 233 g/mol. The third-order valence-electron chi connectivity index (χ3n) is 0.697. The summed E-state index contributed by atoms with van der Waals surface area (Å²) in [6, 6.07) is 0. The zero-order valence-corrected chi connectivity index (χ0v) is 8.61. The molecule has 0 aliphatic rings. The number of carbonyl (C=O) groups excluding carboxylic acids is 2. The minimum Gasteiger partial charge on any atom is 2.00 e. The number of aliphatic carboxylic acids is 2. The molecule has 0 aromatic rings. The van der Waals surface area contributed by atoms with Crippen LogP contribution in [0, 0.1) is 0 Å². The first kappa shape index (κ1) is 23.4. The monoisotopic (exact) mass is 233 g/mol. The van der Waals surface area contributed by atoms with Crippen LogP contribution in [0.2, 0.25) is 0 Å². The minimum absolute atomic E-state index is 0. The third kappa shape index (κ3) is 22.5. The van der Waals surface area contributed by atoms with Gasteiger partial charge in [-0.25, -0.2) is 0 Å². The van der Waals surface area contributed by atoms with Crippen molar-refractivity contribution in [1.29, 1.82) is 0 Å². The summed E-state index contributed by atoms with van der Waals surface area (Å²) < 4.78 is 0. The molecule has 0 aliphatic heterocycles. The van der Waals surface area contributed by atoms with Crippen LogP contribution in [0.1, 0.15) is 13.8 Å². The fourth-order valence-electron chi connectivity index (χ4n) is 0. The van der Waals surface area contributed by atoms with Crippen molar-refractivity contribution in [2.75, 3.05) is 0 Å². The molecular formula is C8H11LiMnO4. The normalized spacial score (nSPS) is 6.43. The summed E-state index contributed by atoms with van der Waals surface area (Å²) in [6.45, 7) is 8.95. The van der Waals surface area contributed by atoms with E-state index in [-0.39, 0.29) is 47.1 Å². The van der Waals surface area contributed by atoms with Gasteiger partial charge < -0.3 is 19.8 Å². The van der Waals surface area contributed by atoms with Gasteiger partial charge in [0.1, 0.15) is 0 Å². The molecule has 0 amide bonds. The fraction of sp³-hybridized carbons (Fsp3) is 0.250. The first-order valence-corrected chi connectivity index (χ1v) is 3.02. The summed E-state index contributed by atoms with van der Waals surface area (Å²) in [5.74, 6) is -2.37. The Morgan fingerprint density at radius 1 is 0.929 bits per heavy atom. The maximum Gasteiger partial charge on any atom is 2.00 e. The maximum atomic E-state index is 9.49. The number of hydrogen-bond donors (Lipinski definition) is 0. The van der Waals surface area contributed by atoms with E-state index in [1.54, 1.807) is 0 Å². The molecule has 0 bridgehead atoms. The summed E-state index contributed by atoms with van der Waals surface area (Å²) >= 11 is 0. The molecule has 0 atom stereocenters. The quantitative estimate of drug-likeness (QED) is 0.407. The van der Waals surface area contributed by atoms with Gasteiger partial charge in [-0.05, 0) is 25.0 Å². The van der Waals surface area contributed by atoms with Gasteiger partial charge in [-0.1, -0.05) is 13.2 Å². The van der Waals surface area contributed by atoms with Crippen molar-refractivity contribution in [3.05, 3.63) is 24.3 Å². The smallest absolute Gasteiger partial charge is 2.00 e. The van der Waals surface area contributed by atoms with E-state index in [1.165, 1.54) is 13.8 Å². The predicted molar refractivity (Wildman–Crippen MR) is 46.8 cm³/mol. The first-order chi connectivity index (χ1) is 5.29. The van der Waals surface area contributed by atoms with E-state index in [0.29, 0.717) is 0 Å². The van der Waals surface area contributed by atoms with Crippen LogP contribution in [-0.4, -0.2) is 30.8 Å². The second-order valence-corrected chi connectivity index (χ2v) is 2.14. The molecule has 0 rings (SSSR count). The summed E-state index contributed by atoms with van der Waals surface area (Å²) in [7, 11) is 0. The van der Waals surface area contributed by atoms with Gasteiger partial charge in [0.05, 0.1) is 11.9 Å². The summed E-state index contributed by atoms with van der Waals surface area (Å²) in [6.07, 6.45) is 0. The standard InChI is InChI=1S/2C4H6O2.Li.Mn.H/c2*1-3(2)4(5)6;;;/h2*1H2,2H3,(H,5,6);;;/q;;;+2;/p-2. The summed E-state index contributed by atoms with van der Waals surface area (Å²) in [5, 5.41) is 19.0. The Balaban J connectivity index is -0.0000000625. The van der Waals surface area contributed by atoms with Gasteiger partial charge in [0.2, 0.25) is 0 Å². The molecule has 14 heavy (non-hydrogen) atoms. The first-order valence-electron chi connectivity index (χ1n) is 3.02. The fourth-order valence-corrected chi connectivity index (χ4v) is 0. The molecule has 0 fully saturated rings. The SMILES string of the molecule is C=C(C)C(=O)[O-].C=C(C)C(=O)[O-].[LiH].[Mn+2]. The molecule has 0 spiro atoms. The van der Waals surface area contributed by atoms with Crippen LogP contribution in [0.5, 0.6) is 0 Å². The number of carboxylic acid groups (broad SMARTS) is 2. The third-order valence-corrected chi connectivity index (χ3v) is 0.697. The molecule has 0 aromatic heterocycles. The van der Waals surface area contributed by atoms with Crippen molar-refractivity contribution in [3.63, 3.8) is 0 Å². The van der Waals surface area contributed by atoms with Crippen molar-refractivity contribution in [2.45, 2.75) is 13.8 Å². The Labute approximate surface area is 106 Å². The molecule has 0 unspecified atom stereocenters. The average Bonchev–Trinajstić information content (AvgIpc) is 1.88. The number of carbonyl (C=O) groups is 2. The molecule has 0 aromatic carbocycles. The van der Waals surface area contributed by atoms with Crippen molar-refractivity contribution in [1.82, 2.24) is 0 Å². The molecule has 75 valence electrons. The van der Waals surface area contributed by atoms with Crippen molar-refractivity contribution in [3.8, 4) is 0 Å². The Bertz CT molecular complexity index is 177. The van der Waals surface area contributed by atoms with E-state index in [4.69, 9.17) is 0 Å². The summed E-state index contributed by atoms with van der Waals surface area (Å²) in [4.78, 5) is 19.0. The van der Waals surface area contributed by atoms with E-state index in [1.807, 2.05) is 0 Å². The van der Waals surface area contributed by atoms with E-state index >= 15 is 0 Å². The molecule has 1 radical (unpaired) electrons. The largest absolute Gasteiger partial charge is 2.00 e. The number of hydrogen-bond acceptors (Lipinski definition) is 4. The van der Waals surface area contributed by atoms with Crippen molar-refractivity contribution >= 4 is 30.8 Å². The molecular weight excluding hydrogens is 222 g/mol. The van der Waals surface area contributed by atoms with Crippen molar-refractivity contribution in [2.24, 2.45) is 0 Å². The maximum absolute atomic E-state index is 9.49. The molecule has 4 nitrogen and oxygen atoms in total. The summed E-state index contributed by atoms with van der Waals surface area (Å²) in [5.41, 5.74) is 0.130. The van der Waals surface area contributed by atoms with E-state index < -0.39 is 11.9 Å². The molecule has 0 saturated carbocycles. The zero-order valence-electron chi connectivity index (χ0n) is 7.43. The molecule has 0 aliphatic carbocycles. The Hall–Kier alpha value is -0.463. The van der Waals surface area contributed by atoms with Gasteiger partial charge in [0.25, 0.3) is 0 Å². The van der Waals surface area contributed by atoms with Gasteiger partial charge in [-0.3, -0.25) is 0 Å². The topological polar surface area (TPSA) is 80.3 Å². The Morgan fingerprint density at radius 2 is 1.00 bits per heavy atom. The Kier molecular flexibility index (Phi) is 20.9. The second kappa shape index (κ2) is 12.5. The van der Waals surface area contributed by atoms with Gasteiger partial charge in [-0.2, -0.15) is 0 Å². The molecule has 6 heteroatoms. The van der Waals surface area contributed by atoms with Gasteiger partial charge in [0.15, 0.2) is 0 Å².